The van der Waals surface area contributed by atoms with Gasteiger partial charge in [0.25, 0.3) is 0 Å². The second-order valence-electron chi connectivity index (χ2n) is 8.22. The van der Waals surface area contributed by atoms with Gasteiger partial charge in [0, 0.05) is 0 Å². The third-order valence-electron chi connectivity index (χ3n) is 4.65. The highest BCUT2D eigenvalue weighted by Crippen LogP contribution is 2.61. The van der Waals surface area contributed by atoms with Crippen LogP contribution >= 0.6 is 0 Å². The number of carbonyl (C=O) groups is 1. The molecule has 0 aromatic rings. The van der Waals surface area contributed by atoms with Gasteiger partial charge in [-0.25, -0.2) is 4.79 Å². The van der Waals surface area contributed by atoms with Crippen molar-refractivity contribution >= 4 is 5.97 Å². The summed E-state index contributed by atoms with van der Waals surface area (Å²) in [5.41, 5.74) is 0. The molecule has 0 aromatic heterocycles. The Kier molecular flexibility index (Phi) is 11.5. The van der Waals surface area contributed by atoms with Crippen LogP contribution in [-0.2, 0) is 23.7 Å². The molecular weight excluding hydrogens is 827 g/mol. The van der Waals surface area contributed by atoms with E-state index in [1.165, 1.54) is 4.74 Å². The van der Waals surface area contributed by atoms with Crippen LogP contribution in [0.5, 0.6) is 0 Å². The van der Waals surface area contributed by atoms with Gasteiger partial charge in [0.2, 0.25) is 0 Å². The number of carboxylic acids is 1. The van der Waals surface area contributed by atoms with Gasteiger partial charge in [-0.05, 0) is 0 Å². The summed E-state index contributed by atoms with van der Waals surface area (Å²) >= 11 is 0. The summed E-state index contributed by atoms with van der Waals surface area (Å²) in [6, 6.07) is 0. The molecule has 50 heavy (non-hydrogen) atoms. The fourth-order valence-electron chi connectivity index (χ4n) is 2.20. The average molecular weight is 828 g/mol. The molecule has 0 aliphatic carbocycles. The molecule has 0 unspecified atom stereocenters. The monoisotopic (exact) mass is 828 g/mol. The van der Waals surface area contributed by atoms with E-state index in [1.807, 2.05) is 0 Å². The molecule has 0 fully saturated rings. The molecule has 0 amide bonds. The van der Waals surface area contributed by atoms with Crippen molar-refractivity contribution in [2.75, 3.05) is 0 Å². The van der Waals surface area contributed by atoms with Crippen LogP contribution in [0.25, 0.3) is 0 Å². The molecule has 0 heterocycles. The van der Waals surface area contributed by atoms with E-state index in [0.717, 1.165) is 14.2 Å². The minimum absolute atomic E-state index is 0.808. The smallest absolute Gasteiger partial charge is 0.462 e. The van der Waals surface area contributed by atoms with Gasteiger partial charge in [0.05, 0.1) is 0 Å². The lowest BCUT2D eigenvalue weighted by molar-refractivity contribution is -0.592. The van der Waals surface area contributed by atoms with Crippen LogP contribution in [0.1, 0.15) is 0 Å². The fraction of sp³-hybridized carbons (Fsp3) is 0.933. The summed E-state index contributed by atoms with van der Waals surface area (Å²) in [6.45, 7) is 0. The average Bonchev–Trinajstić information content (AvgIpc) is 2.78. The van der Waals surface area contributed by atoms with E-state index in [2.05, 4.69) is 0 Å². The zero-order valence-electron chi connectivity index (χ0n) is 20.9. The lowest BCUT2D eigenvalue weighted by Crippen LogP contribution is -2.72. The van der Waals surface area contributed by atoms with Gasteiger partial charge >= 0.3 is 90.6 Å². The highest BCUT2D eigenvalue weighted by Gasteiger charge is 2.90. The molecule has 1 N–H and O–H groups in total. The molecule has 35 heteroatoms. The van der Waals surface area contributed by atoms with Crippen molar-refractivity contribution in [3.05, 3.63) is 0 Å². The van der Waals surface area contributed by atoms with Crippen molar-refractivity contribution < 1.29 is 156 Å². The second kappa shape index (κ2) is 12.2. The summed E-state index contributed by atoms with van der Waals surface area (Å²) in [6.07, 6.45) is -77.8. The Morgan fingerprint density at radius 1 is 0.320 bits per heavy atom. The summed E-state index contributed by atoms with van der Waals surface area (Å²) in [7, 11) is 0. The number of hydrogen-bond acceptors (Lipinski definition) is 5. The first-order chi connectivity index (χ1) is 21.0. The van der Waals surface area contributed by atoms with Crippen molar-refractivity contribution in [3.8, 4) is 0 Å². The molecule has 6 nitrogen and oxygen atoms in total. The van der Waals surface area contributed by atoms with Crippen LogP contribution in [0.4, 0.5) is 127 Å². The van der Waals surface area contributed by atoms with Gasteiger partial charge in [-0.15, -0.1) is 0 Å². The Morgan fingerprint density at radius 3 is 0.720 bits per heavy atom. The van der Waals surface area contributed by atoms with Crippen LogP contribution in [-0.4, -0.2) is 95.7 Å². The molecule has 0 aliphatic rings. The van der Waals surface area contributed by atoms with Crippen molar-refractivity contribution in [1.82, 2.24) is 0 Å². The normalized spacial score (nSPS) is 20.4. The number of alkyl halides is 29. The van der Waals surface area contributed by atoms with E-state index in [1.54, 1.807) is 0 Å². The Hall–Kier alpha value is -2.72. The predicted octanol–water partition coefficient (Wildman–Crippen LogP) is 8.62. The fourth-order valence-corrected chi connectivity index (χ4v) is 2.20. The number of halogens is 29. The summed E-state index contributed by atoms with van der Waals surface area (Å²) in [4.78, 5) is 10.3. The van der Waals surface area contributed by atoms with Gasteiger partial charge in [0.1, 0.15) is 0 Å². The molecule has 0 bridgehead atoms. The number of ether oxygens (including phenoxy) is 4. The van der Waals surface area contributed by atoms with Crippen molar-refractivity contribution in [2.45, 2.75) is 84.7 Å². The molecule has 300 valence electrons. The van der Waals surface area contributed by atoms with Crippen LogP contribution < -0.4 is 0 Å². The molecule has 4 atom stereocenters. The summed E-state index contributed by atoms with van der Waals surface area (Å²) < 4.78 is 386. The zero-order chi connectivity index (χ0) is 41.4. The first-order valence-electron chi connectivity index (χ1n) is 10.0. The van der Waals surface area contributed by atoms with E-state index < -0.39 is 90.6 Å². The number of hydrogen-bond donors (Lipinski definition) is 1. The third kappa shape index (κ3) is 7.57. The van der Waals surface area contributed by atoms with Crippen LogP contribution in [0.2, 0.25) is 0 Å². The lowest BCUT2D eigenvalue weighted by atomic mass is 10.2. The Bertz CT molecular complexity index is 1230. The van der Waals surface area contributed by atoms with Gasteiger partial charge in [0.15, 0.2) is 0 Å². The standard InChI is InChI=1S/C15HF29O6/c16-2(1(45)46,7(22,23)24)47-13(39,40)4(19,9(28,29)30)49-15(43,44)6(21,11(34,35)36)50-14(41,42)5(20,10(31,32)33)48-12(37,38)3(17,18)8(25,26)27/h(H,45,46)/t2-,4+,5+,6+/m0/s1. The molecule has 0 rings (SSSR count). The van der Waals surface area contributed by atoms with Crippen molar-refractivity contribution in [2.24, 2.45) is 0 Å². The van der Waals surface area contributed by atoms with E-state index in [0.29, 0.717) is 0 Å². The molecule has 0 saturated heterocycles. The zero-order valence-corrected chi connectivity index (χ0v) is 20.9. The van der Waals surface area contributed by atoms with Crippen molar-refractivity contribution in [1.29, 1.82) is 0 Å². The quantitative estimate of drug-likeness (QED) is 0.188. The number of rotatable bonds is 13. The predicted molar refractivity (Wildman–Crippen MR) is 82.3 cm³/mol. The summed E-state index contributed by atoms with van der Waals surface area (Å²) in [5.74, 6) is -47.9. The van der Waals surface area contributed by atoms with Gasteiger partial charge in [-0.3, -0.25) is 18.9 Å². The molecule has 0 aromatic carbocycles. The highest BCUT2D eigenvalue weighted by molar-refractivity contribution is 5.76. The second-order valence-corrected chi connectivity index (χ2v) is 8.22. The van der Waals surface area contributed by atoms with Gasteiger partial charge < -0.3 is 5.11 Å². The molecule has 0 radical (unpaired) electrons. The molecule has 0 spiro atoms. The molecular formula is C15HF29O6. The first-order valence-corrected chi connectivity index (χ1v) is 10.0. The lowest BCUT2D eigenvalue weighted by Gasteiger charge is -2.43. The van der Waals surface area contributed by atoms with E-state index in [9.17, 15) is 132 Å². The molecule has 0 saturated carbocycles. The van der Waals surface area contributed by atoms with Crippen LogP contribution in [0.3, 0.4) is 0 Å². The van der Waals surface area contributed by atoms with Crippen LogP contribution in [0, 0.1) is 0 Å². The van der Waals surface area contributed by atoms with E-state index in [-0.39, 0.29) is 0 Å². The highest BCUT2D eigenvalue weighted by atomic mass is 19.4. The number of aliphatic carboxylic acids is 1. The van der Waals surface area contributed by atoms with Crippen molar-refractivity contribution in [3.63, 3.8) is 0 Å². The minimum atomic E-state index is -9.26. The SMILES string of the molecule is O=C(O)[C@](F)(OC(F)(F)[C@](F)(OC(F)(F)[C@](F)(OC(F)(F)[C@](F)(OC(F)(F)C(F)(F)C(F)(F)F)C(F)(F)F)C(F)(F)F)C(F)(F)F)C(F)(F)F. The minimum Gasteiger partial charge on any atom is -0.477 e. The van der Waals surface area contributed by atoms with Gasteiger partial charge in [-0.2, -0.15) is 127 Å². The summed E-state index contributed by atoms with van der Waals surface area (Å²) in [5, 5.41) is 7.95. The van der Waals surface area contributed by atoms with Crippen LogP contribution in [0.15, 0.2) is 0 Å². The largest absolute Gasteiger partial charge is 0.477 e. The Balaban J connectivity index is 7.69. The Labute approximate surface area is 248 Å². The van der Waals surface area contributed by atoms with E-state index >= 15 is 0 Å². The Morgan fingerprint density at radius 2 is 0.540 bits per heavy atom. The maximum Gasteiger partial charge on any atom is 0.462 e. The maximum absolute atomic E-state index is 14.3. The first kappa shape index (κ1) is 47.3. The molecule has 0 aliphatic heterocycles. The third-order valence-corrected chi connectivity index (χ3v) is 4.65. The van der Waals surface area contributed by atoms with E-state index in [4.69, 9.17) is 5.11 Å². The number of carboxylic acid groups (broad SMARTS) is 1. The van der Waals surface area contributed by atoms with Gasteiger partial charge in [-0.1, -0.05) is 0 Å². The maximum atomic E-state index is 14.3. The topological polar surface area (TPSA) is 74.2 Å².